The normalized spacial score (nSPS) is 10.3. The summed E-state index contributed by atoms with van der Waals surface area (Å²) in [6.07, 6.45) is 0. The van der Waals surface area contributed by atoms with Gasteiger partial charge in [-0.3, -0.25) is 4.79 Å². The molecule has 0 aliphatic heterocycles. The monoisotopic (exact) mass is 337 g/mol. The zero-order chi connectivity index (χ0) is 13.8. The average Bonchev–Trinajstić information content (AvgIpc) is 2.41. The summed E-state index contributed by atoms with van der Waals surface area (Å²) in [5, 5.41) is 2.87. The van der Waals surface area contributed by atoms with E-state index in [2.05, 4.69) is 21.2 Å². The molecule has 0 atom stereocenters. The van der Waals surface area contributed by atoms with Crippen molar-refractivity contribution in [3.8, 4) is 0 Å². The molecule has 19 heavy (non-hydrogen) atoms. The van der Waals surface area contributed by atoms with Crippen LogP contribution in [0.4, 0.5) is 5.69 Å². The lowest BCUT2D eigenvalue weighted by Gasteiger charge is -2.08. The number of benzene rings is 2. The fraction of sp³-hybridized carbons (Fsp3) is 0.133. The summed E-state index contributed by atoms with van der Waals surface area (Å²) in [4.78, 5) is 12.2. The van der Waals surface area contributed by atoms with Crippen LogP contribution < -0.4 is 5.32 Å². The molecule has 0 aliphatic carbocycles. The summed E-state index contributed by atoms with van der Waals surface area (Å²) in [5.74, 6) is 0.292. The highest BCUT2D eigenvalue weighted by Gasteiger charge is 2.10. The number of alkyl halides is 1. The summed E-state index contributed by atoms with van der Waals surface area (Å²) < 4.78 is 0.782. The molecular formula is C15H13BrClNO. The van der Waals surface area contributed by atoms with E-state index in [9.17, 15) is 4.79 Å². The fourth-order valence-corrected chi connectivity index (χ4v) is 2.34. The maximum atomic E-state index is 12.2. The van der Waals surface area contributed by atoms with Crippen LogP contribution >= 0.6 is 27.5 Å². The van der Waals surface area contributed by atoms with Crippen molar-refractivity contribution in [3.05, 3.63) is 63.6 Å². The third-order valence-electron chi connectivity index (χ3n) is 2.71. The van der Waals surface area contributed by atoms with Gasteiger partial charge in [-0.2, -0.15) is 0 Å². The van der Waals surface area contributed by atoms with Crippen molar-refractivity contribution in [3.63, 3.8) is 0 Å². The molecule has 0 aliphatic rings. The van der Waals surface area contributed by atoms with Gasteiger partial charge in [-0.05, 0) is 52.7 Å². The zero-order valence-corrected chi connectivity index (χ0v) is 12.8. The molecule has 0 bridgehead atoms. The Bertz CT molecular complexity index is 613. The number of carbonyl (C=O) groups is 1. The Labute approximate surface area is 125 Å². The minimum Gasteiger partial charge on any atom is -0.322 e. The van der Waals surface area contributed by atoms with E-state index in [1.807, 2.05) is 49.4 Å². The Morgan fingerprint density at radius 2 is 2.05 bits per heavy atom. The molecule has 98 valence electrons. The predicted octanol–water partition coefficient (Wildman–Crippen LogP) is 4.75. The molecule has 0 saturated heterocycles. The number of carbonyl (C=O) groups excluding carboxylic acids is 1. The molecule has 2 rings (SSSR count). The molecule has 0 radical (unpaired) electrons. The van der Waals surface area contributed by atoms with Crippen LogP contribution in [0.25, 0.3) is 0 Å². The van der Waals surface area contributed by atoms with Gasteiger partial charge in [0.05, 0.1) is 5.56 Å². The molecule has 1 N–H and O–H groups in total. The number of rotatable bonds is 3. The van der Waals surface area contributed by atoms with Crippen molar-refractivity contribution >= 4 is 39.1 Å². The molecule has 0 fully saturated rings. The standard InChI is InChI=1S/C15H13BrClNO/c1-10-5-6-14(16)13(7-10)15(19)18-12-4-2-3-11(8-12)9-17/h2-8H,9H2,1H3,(H,18,19). The largest absolute Gasteiger partial charge is 0.322 e. The molecule has 0 heterocycles. The lowest BCUT2D eigenvalue weighted by molar-refractivity contribution is 0.102. The Hall–Kier alpha value is -1.32. The van der Waals surface area contributed by atoms with E-state index in [-0.39, 0.29) is 5.91 Å². The van der Waals surface area contributed by atoms with Crippen molar-refractivity contribution in [1.29, 1.82) is 0 Å². The Balaban J connectivity index is 2.23. The summed E-state index contributed by atoms with van der Waals surface area (Å²) in [5.41, 5.74) is 3.39. The first kappa shape index (κ1) is 14.1. The first-order chi connectivity index (χ1) is 9.10. The van der Waals surface area contributed by atoms with Crippen LogP contribution in [0.15, 0.2) is 46.9 Å². The van der Waals surface area contributed by atoms with Gasteiger partial charge >= 0.3 is 0 Å². The van der Waals surface area contributed by atoms with E-state index in [0.29, 0.717) is 11.4 Å². The number of nitrogens with one attached hydrogen (secondary N) is 1. The summed E-state index contributed by atoms with van der Waals surface area (Å²) in [7, 11) is 0. The van der Waals surface area contributed by atoms with Crippen LogP contribution in [-0.2, 0) is 5.88 Å². The van der Waals surface area contributed by atoms with Gasteiger partial charge in [-0.15, -0.1) is 11.6 Å². The number of hydrogen-bond donors (Lipinski definition) is 1. The minimum atomic E-state index is -0.137. The van der Waals surface area contributed by atoms with E-state index >= 15 is 0 Å². The van der Waals surface area contributed by atoms with Crippen LogP contribution in [0.1, 0.15) is 21.5 Å². The smallest absolute Gasteiger partial charge is 0.256 e. The number of aryl methyl sites for hydroxylation is 1. The number of halogens is 2. The highest BCUT2D eigenvalue weighted by molar-refractivity contribution is 9.10. The van der Waals surface area contributed by atoms with E-state index in [0.717, 1.165) is 21.3 Å². The highest BCUT2D eigenvalue weighted by atomic mass is 79.9. The quantitative estimate of drug-likeness (QED) is 0.804. The number of anilines is 1. The summed E-state index contributed by atoms with van der Waals surface area (Å²) in [6, 6.07) is 13.2. The van der Waals surface area contributed by atoms with Crippen LogP contribution in [-0.4, -0.2) is 5.91 Å². The van der Waals surface area contributed by atoms with Crippen molar-refractivity contribution in [2.75, 3.05) is 5.32 Å². The van der Waals surface area contributed by atoms with E-state index in [4.69, 9.17) is 11.6 Å². The maximum absolute atomic E-state index is 12.2. The zero-order valence-electron chi connectivity index (χ0n) is 10.4. The second kappa shape index (κ2) is 6.22. The molecule has 0 aromatic heterocycles. The topological polar surface area (TPSA) is 29.1 Å². The van der Waals surface area contributed by atoms with E-state index in [1.165, 1.54) is 0 Å². The van der Waals surface area contributed by atoms with Crippen LogP contribution in [0, 0.1) is 6.92 Å². The molecule has 2 aromatic carbocycles. The van der Waals surface area contributed by atoms with Crippen molar-refractivity contribution < 1.29 is 4.79 Å². The maximum Gasteiger partial charge on any atom is 0.256 e. The van der Waals surface area contributed by atoms with Crippen LogP contribution in [0.2, 0.25) is 0 Å². The molecule has 0 saturated carbocycles. The second-order valence-electron chi connectivity index (χ2n) is 4.27. The van der Waals surface area contributed by atoms with Gasteiger partial charge in [0.25, 0.3) is 5.91 Å². The SMILES string of the molecule is Cc1ccc(Br)c(C(=O)Nc2cccc(CCl)c2)c1. The van der Waals surface area contributed by atoms with Gasteiger partial charge in [-0.25, -0.2) is 0 Å². The average molecular weight is 339 g/mol. The van der Waals surface area contributed by atoms with Gasteiger partial charge in [0, 0.05) is 16.0 Å². The van der Waals surface area contributed by atoms with Crippen molar-refractivity contribution in [2.45, 2.75) is 12.8 Å². The van der Waals surface area contributed by atoms with Gasteiger partial charge < -0.3 is 5.32 Å². The van der Waals surface area contributed by atoms with Gasteiger partial charge in [0.15, 0.2) is 0 Å². The minimum absolute atomic E-state index is 0.137. The molecule has 2 nitrogen and oxygen atoms in total. The first-order valence-corrected chi connectivity index (χ1v) is 7.15. The van der Waals surface area contributed by atoms with E-state index < -0.39 is 0 Å². The lowest BCUT2D eigenvalue weighted by atomic mass is 10.1. The number of amides is 1. The van der Waals surface area contributed by atoms with E-state index in [1.54, 1.807) is 0 Å². The highest BCUT2D eigenvalue weighted by Crippen LogP contribution is 2.20. The predicted molar refractivity (Wildman–Crippen MR) is 82.8 cm³/mol. The third-order valence-corrected chi connectivity index (χ3v) is 3.71. The van der Waals surface area contributed by atoms with Crippen LogP contribution in [0.3, 0.4) is 0 Å². The fourth-order valence-electron chi connectivity index (χ4n) is 1.74. The Morgan fingerprint density at radius 1 is 1.26 bits per heavy atom. The third kappa shape index (κ3) is 3.58. The van der Waals surface area contributed by atoms with Crippen molar-refractivity contribution in [2.24, 2.45) is 0 Å². The summed E-state index contributed by atoms with van der Waals surface area (Å²) in [6.45, 7) is 1.96. The molecule has 0 unspecified atom stereocenters. The molecule has 0 spiro atoms. The molecule has 4 heteroatoms. The first-order valence-electron chi connectivity index (χ1n) is 5.82. The second-order valence-corrected chi connectivity index (χ2v) is 5.39. The van der Waals surface area contributed by atoms with Gasteiger partial charge in [-0.1, -0.05) is 23.8 Å². The van der Waals surface area contributed by atoms with Gasteiger partial charge in [0.2, 0.25) is 0 Å². The molecule has 2 aromatic rings. The number of hydrogen-bond acceptors (Lipinski definition) is 1. The Kier molecular flexibility index (Phi) is 4.61. The van der Waals surface area contributed by atoms with Gasteiger partial charge in [0.1, 0.15) is 0 Å². The van der Waals surface area contributed by atoms with Crippen molar-refractivity contribution in [1.82, 2.24) is 0 Å². The lowest BCUT2D eigenvalue weighted by Crippen LogP contribution is -2.12. The molecular weight excluding hydrogens is 326 g/mol. The summed E-state index contributed by atoms with van der Waals surface area (Å²) >= 11 is 9.17. The molecule has 1 amide bonds. The van der Waals surface area contributed by atoms with Crippen LogP contribution in [0.5, 0.6) is 0 Å². The Morgan fingerprint density at radius 3 is 2.79 bits per heavy atom.